The van der Waals surface area contributed by atoms with Gasteiger partial charge in [-0.3, -0.25) is 4.79 Å². The molecule has 2 atom stereocenters. The summed E-state index contributed by atoms with van der Waals surface area (Å²) in [6, 6.07) is 12.8. The van der Waals surface area contributed by atoms with Crippen molar-refractivity contribution in [3.63, 3.8) is 0 Å². The molecular formula is C19H20FNO4. The summed E-state index contributed by atoms with van der Waals surface area (Å²) in [5, 5.41) is 10.0. The third-order valence-electron chi connectivity index (χ3n) is 4.24. The maximum absolute atomic E-state index is 13.2. The first-order valence-corrected chi connectivity index (χ1v) is 8.06. The number of rotatable bonds is 5. The van der Waals surface area contributed by atoms with E-state index in [4.69, 9.17) is 9.47 Å². The van der Waals surface area contributed by atoms with E-state index in [0.717, 1.165) is 5.56 Å². The second-order valence-corrected chi connectivity index (χ2v) is 5.97. The molecule has 2 aromatic rings. The van der Waals surface area contributed by atoms with Crippen LogP contribution in [0.25, 0.3) is 0 Å². The number of ether oxygens (including phenoxy) is 2. The molecule has 0 aromatic heterocycles. The average Bonchev–Trinajstić information content (AvgIpc) is 3.02. The maximum Gasteiger partial charge on any atom is 0.261 e. The summed E-state index contributed by atoms with van der Waals surface area (Å²) in [5.74, 6) is 0.317. The predicted octanol–water partition coefficient (Wildman–Crippen LogP) is 2.55. The third kappa shape index (κ3) is 4.09. The lowest BCUT2D eigenvalue weighted by Gasteiger charge is -2.25. The Labute approximate surface area is 145 Å². The third-order valence-corrected chi connectivity index (χ3v) is 4.24. The van der Waals surface area contributed by atoms with Crippen molar-refractivity contribution >= 4 is 5.91 Å². The van der Waals surface area contributed by atoms with Gasteiger partial charge in [0.05, 0.1) is 19.3 Å². The lowest BCUT2D eigenvalue weighted by molar-refractivity contribution is -0.134. The van der Waals surface area contributed by atoms with Crippen molar-refractivity contribution in [1.29, 1.82) is 0 Å². The Kier molecular flexibility index (Phi) is 5.19. The highest BCUT2D eigenvalue weighted by Crippen LogP contribution is 2.33. The molecule has 25 heavy (non-hydrogen) atoms. The van der Waals surface area contributed by atoms with Gasteiger partial charge in [0.1, 0.15) is 17.3 Å². The zero-order valence-electron chi connectivity index (χ0n) is 13.9. The standard InChI is InChI=1S/C19H20FNO4/c1-24-16-6-2-4-13(8-16)18-10-15(22)11-21(18)19(23)12-25-17-7-3-5-14(20)9-17/h2-9,15,18,22H,10-12H2,1H3/t15-,18+/m1/s1. The van der Waals surface area contributed by atoms with Crippen molar-refractivity contribution in [2.45, 2.75) is 18.6 Å². The topological polar surface area (TPSA) is 59.0 Å². The molecular weight excluding hydrogens is 325 g/mol. The van der Waals surface area contributed by atoms with Crippen LogP contribution in [0.3, 0.4) is 0 Å². The van der Waals surface area contributed by atoms with E-state index in [0.29, 0.717) is 17.9 Å². The molecule has 5 nitrogen and oxygen atoms in total. The molecule has 0 radical (unpaired) electrons. The molecule has 0 saturated carbocycles. The van der Waals surface area contributed by atoms with E-state index < -0.39 is 11.9 Å². The number of halogens is 1. The molecule has 1 fully saturated rings. The van der Waals surface area contributed by atoms with Crippen molar-refractivity contribution in [2.75, 3.05) is 20.3 Å². The largest absolute Gasteiger partial charge is 0.497 e. The van der Waals surface area contributed by atoms with Gasteiger partial charge in [-0.2, -0.15) is 0 Å². The Balaban J connectivity index is 1.71. The molecule has 0 spiro atoms. The number of carbonyl (C=O) groups excluding carboxylic acids is 1. The van der Waals surface area contributed by atoms with E-state index in [9.17, 15) is 14.3 Å². The molecule has 1 saturated heterocycles. The van der Waals surface area contributed by atoms with E-state index in [1.54, 1.807) is 18.1 Å². The summed E-state index contributed by atoms with van der Waals surface area (Å²) in [6.45, 7) is 0.0316. The van der Waals surface area contributed by atoms with Crippen LogP contribution in [-0.2, 0) is 4.79 Å². The average molecular weight is 345 g/mol. The second kappa shape index (κ2) is 7.53. The van der Waals surface area contributed by atoms with Gasteiger partial charge < -0.3 is 19.5 Å². The smallest absolute Gasteiger partial charge is 0.261 e. The molecule has 1 aliphatic rings. The first-order valence-electron chi connectivity index (χ1n) is 8.06. The second-order valence-electron chi connectivity index (χ2n) is 5.97. The fourth-order valence-corrected chi connectivity index (χ4v) is 3.04. The van der Waals surface area contributed by atoms with Crippen LogP contribution in [0.1, 0.15) is 18.0 Å². The Morgan fingerprint density at radius 2 is 2.00 bits per heavy atom. The highest BCUT2D eigenvalue weighted by Gasteiger charge is 2.35. The minimum absolute atomic E-state index is 0.212. The van der Waals surface area contributed by atoms with Crippen LogP contribution in [0.15, 0.2) is 48.5 Å². The zero-order valence-corrected chi connectivity index (χ0v) is 13.9. The summed E-state index contributed by atoms with van der Waals surface area (Å²) < 4.78 is 23.8. The van der Waals surface area contributed by atoms with E-state index in [2.05, 4.69) is 0 Å². The lowest BCUT2D eigenvalue weighted by Crippen LogP contribution is -2.35. The Bertz CT molecular complexity index is 752. The van der Waals surface area contributed by atoms with Crippen molar-refractivity contribution in [3.8, 4) is 11.5 Å². The van der Waals surface area contributed by atoms with Crippen molar-refractivity contribution in [1.82, 2.24) is 4.90 Å². The van der Waals surface area contributed by atoms with Crippen LogP contribution in [-0.4, -0.2) is 42.3 Å². The molecule has 0 bridgehead atoms. The van der Waals surface area contributed by atoms with Crippen LogP contribution in [0, 0.1) is 5.82 Å². The molecule has 0 aliphatic carbocycles. The van der Waals surface area contributed by atoms with E-state index in [1.165, 1.54) is 18.2 Å². The number of aliphatic hydroxyl groups excluding tert-OH is 1. The van der Waals surface area contributed by atoms with Crippen molar-refractivity contribution < 1.29 is 23.8 Å². The number of hydrogen-bond donors (Lipinski definition) is 1. The first-order chi connectivity index (χ1) is 12.1. The number of benzene rings is 2. The van der Waals surface area contributed by atoms with Gasteiger partial charge in [0.2, 0.25) is 0 Å². The monoisotopic (exact) mass is 345 g/mol. The first kappa shape index (κ1) is 17.2. The number of methoxy groups -OCH3 is 1. The zero-order chi connectivity index (χ0) is 17.8. The minimum Gasteiger partial charge on any atom is -0.497 e. The number of nitrogens with zero attached hydrogens (tertiary/aromatic N) is 1. The van der Waals surface area contributed by atoms with E-state index >= 15 is 0 Å². The summed E-state index contributed by atoms with van der Waals surface area (Å²) in [6.07, 6.45) is -0.131. The number of aliphatic hydroxyl groups is 1. The molecule has 1 N–H and O–H groups in total. The number of hydrogen-bond acceptors (Lipinski definition) is 4. The Hall–Kier alpha value is -2.60. The molecule has 132 valence electrons. The Morgan fingerprint density at radius 3 is 2.76 bits per heavy atom. The molecule has 1 aliphatic heterocycles. The fourth-order valence-electron chi connectivity index (χ4n) is 3.04. The van der Waals surface area contributed by atoms with Gasteiger partial charge in [-0.05, 0) is 36.2 Å². The number of β-amino-alcohol motifs (C(OH)–C–C–N with tert-alkyl or cyclic N) is 1. The number of carbonyl (C=O) groups is 1. The van der Waals surface area contributed by atoms with Crippen molar-refractivity contribution in [2.24, 2.45) is 0 Å². The van der Waals surface area contributed by atoms with Gasteiger partial charge >= 0.3 is 0 Å². The van der Waals surface area contributed by atoms with Crippen LogP contribution in [0.4, 0.5) is 4.39 Å². The number of likely N-dealkylation sites (tertiary alicyclic amines) is 1. The summed E-state index contributed by atoms with van der Waals surface area (Å²) in [4.78, 5) is 14.1. The van der Waals surface area contributed by atoms with Crippen LogP contribution in [0.5, 0.6) is 11.5 Å². The summed E-state index contributed by atoms with van der Waals surface area (Å²) in [7, 11) is 1.58. The predicted molar refractivity (Wildman–Crippen MR) is 90.0 cm³/mol. The van der Waals surface area contributed by atoms with Gasteiger partial charge in [-0.25, -0.2) is 4.39 Å². The van der Waals surface area contributed by atoms with E-state index in [1.807, 2.05) is 24.3 Å². The van der Waals surface area contributed by atoms with Crippen LogP contribution >= 0.6 is 0 Å². The van der Waals surface area contributed by atoms with E-state index in [-0.39, 0.29) is 25.1 Å². The molecule has 1 amide bonds. The van der Waals surface area contributed by atoms with Gasteiger partial charge in [0.15, 0.2) is 6.61 Å². The van der Waals surface area contributed by atoms with Gasteiger partial charge in [0, 0.05) is 12.6 Å². The molecule has 3 rings (SSSR count). The SMILES string of the molecule is COc1cccc([C@@H]2C[C@@H](O)CN2C(=O)COc2cccc(F)c2)c1. The van der Waals surface area contributed by atoms with Crippen LogP contribution in [0.2, 0.25) is 0 Å². The van der Waals surface area contributed by atoms with Crippen molar-refractivity contribution in [3.05, 3.63) is 59.9 Å². The fraction of sp³-hybridized carbons (Fsp3) is 0.316. The summed E-state index contributed by atoms with van der Waals surface area (Å²) >= 11 is 0. The summed E-state index contributed by atoms with van der Waals surface area (Å²) in [5.41, 5.74) is 0.898. The van der Waals surface area contributed by atoms with Gasteiger partial charge in [0.25, 0.3) is 5.91 Å². The highest BCUT2D eigenvalue weighted by atomic mass is 19.1. The highest BCUT2D eigenvalue weighted by molar-refractivity contribution is 5.78. The lowest BCUT2D eigenvalue weighted by atomic mass is 10.0. The van der Waals surface area contributed by atoms with Gasteiger partial charge in [-0.15, -0.1) is 0 Å². The molecule has 2 aromatic carbocycles. The number of amides is 1. The van der Waals surface area contributed by atoms with Gasteiger partial charge in [-0.1, -0.05) is 18.2 Å². The maximum atomic E-state index is 13.2. The Morgan fingerprint density at radius 1 is 1.24 bits per heavy atom. The molecule has 6 heteroatoms. The minimum atomic E-state index is -0.589. The van der Waals surface area contributed by atoms with Crippen LogP contribution < -0.4 is 9.47 Å². The normalized spacial score (nSPS) is 19.7. The quantitative estimate of drug-likeness (QED) is 0.905. The molecule has 0 unspecified atom stereocenters. The molecule has 1 heterocycles.